The SMILES string of the molecule is O=c1c(-c2ccc(F)cc2)c(OS(=O)(=O)C(F)(F)F)cnn1-c1ccccc1. The first-order chi connectivity index (χ1) is 13.1. The van der Waals surface area contributed by atoms with Crippen LogP contribution in [0.4, 0.5) is 17.6 Å². The van der Waals surface area contributed by atoms with Crippen molar-refractivity contribution >= 4 is 10.1 Å². The van der Waals surface area contributed by atoms with Gasteiger partial charge in [0.1, 0.15) is 5.82 Å². The monoisotopic (exact) mass is 414 g/mol. The molecule has 0 saturated carbocycles. The van der Waals surface area contributed by atoms with Crippen molar-refractivity contribution in [2.45, 2.75) is 5.51 Å². The lowest BCUT2D eigenvalue weighted by Crippen LogP contribution is -2.30. The van der Waals surface area contributed by atoms with E-state index in [4.69, 9.17) is 0 Å². The van der Waals surface area contributed by atoms with Gasteiger partial charge in [0.2, 0.25) is 0 Å². The number of benzene rings is 2. The molecular weight excluding hydrogens is 404 g/mol. The molecule has 0 N–H and O–H groups in total. The predicted molar refractivity (Wildman–Crippen MR) is 90.8 cm³/mol. The van der Waals surface area contributed by atoms with Crippen LogP contribution >= 0.6 is 0 Å². The summed E-state index contributed by atoms with van der Waals surface area (Å²) in [4.78, 5) is 12.9. The smallest absolute Gasteiger partial charge is 0.373 e. The Labute approximate surface area is 155 Å². The Kier molecular flexibility index (Phi) is 4.94. The number of alkyl halides is 3. The van der Waals surface area contributed by atoms with Crippen LogP contribution in [0.3, 0.4) is 0 Å². The van der Waals surface area contributed by atoms with E-state index in [2.05, 4.69) is 9.28 Å². The van der Waals surface area contributed by atoms with Crippen molar-refractivity contribution < 1.29 is 30.2 Å². The Morgan fingerprint density at radius 3 is 2.14 bits per heavy atom. The molecule has 1 heterocycles. The van der Waals surface area contributed by atoms with E-state index >= 15 is 0 Å². The third kappa shape index (κ3) is 3.74. The highest BCUT2D eigenvalue weighted by molar-refractivity contribution is 7.88. The summed E-state index contributed by atoms with van der Waals surface area (Å²) < 4.78 is 79.0. The van der Waals surface area contributed by atoms with E-state index in [1.807, 2.05) is 0 Å². The van der Waals surface area contributed by atoms with Crippen LogP contribution < -0.4 is 9.74 Å². The number of nitrogens with zero attached hydrogens (tertiary/aromatic N) is 2. The minimum atomic E-state index is -6.05. The molecule has 0 aliphatic heterocycles. The van der Waals surface area contributed by atoms with Crippen LogP contribution in [-0.2, 0) is 10.1 Å². The van der Waals surface area contributed by atoms with E-state index in [0.717, 1.165) is 28.9 Å². The lowest BCUT2D eigenvalue weighted by atomic mass is 10.1. The molecule has 0 amide bonds. The summed E-state index contributed by atoms with van der Waals surface area (Å²) in [6, 6.07) is 12.0. The van der Waals surface area contributed by atoms with Crippen LogP contribution in [0.25, 0.3) is 16.8 Å². The maximum absolute atomic E-state index is 13.2. The number of rotatable bonds is 4. The second-order valence-corrected chi connectivity index (χ2v) is 6.96. The molecule has 11 heteroatoms. The van der Waals surface area contributed by atoms with Crippen LogP contribution in [0, 0.1) is 5.82 Å². The summed E-state index contributed by atoms with van der Waals surface area (Å²) in [5, 5.41) is 3.69. The Bertz CT molecular complexity index is 1160. The molecule has 146 valence electrons. The molecule has 0 spiro atoms. The highest BCUT2D eigenvalue weighted by Crippen LogP contribution is 2.32. The van der Waals surface area contributed by atoms with Crippen LogP contribution in [0.15, 0.2) is 65.6 Å². The van der Waals surface area contributed by atoms with Gasteiger partial charge in [-0.3, -0.25) is 4.79 Å². The fourth-order valence-corrected chi connectivity index (χ4v) is 2.76. The fraction of sp³-hybridized carbons (Fsp3) is 0.0588. The third-order valence-electron chi connectivity index (χ3n) is 3.56. The number of hydrogen-bond acceptors (Lipinski definition) is 5. The first-order valence-electron chi connectivity index (χ1n) is 7.54. The molecule has 0 atom stereocenters. The Hall–Kier alpha value is -3.21. The zero-order valence-electron chi connectivity index (χ0n) is 13.7. The lowest BCUT2D eigenvalue weighted by molar-refractivity contribution is -0.0500. The molecule has 0 saturated heterocycles. The van der Waals surface area contributed by atoms with Crippen molar-refractivity contribution in [2.24, 2.45) is 0 Å². The summed E-state index contributed by atoms with van der Waals surface area (Å²) >= 11 is 0. The van der Waals surface area contributed by atoms with Gasteiger partial charge in [-0.2, -0.15) is 31.4 Å². The molecule has 2 aromatic carbocycles. The van der Waals surface area contributed by atoms with Crippen molar-refractivity contribution in [2.75, 3.05) is 0 Å². The molecule has 28 heavy (non-hydrogen) atoms. The van der Waals surface area contributed by atoms with E-state index in [9.17, 15) is 30.8 Å². The molecule has 6 nitrogen and oxygen atoms in total. The van der Waals surface area contributed by atoms with Gasteiger partial charge >= 0.3 is 15.6 Å². The van der Waals surface area contributed by atoms with Gasteiger partial charge in [0.15, 0.2) is 5.75 Å². The van der Waals surface area contributed by atoms with E-state index in [0.29, 0.717) is 6.20 Å². The van der Waals surface area contributed by atoms with Crippen molar-refractivity contribution in [1.82, 2.24) is 9.78 Å². The second-order valence-electron chi connectivity index (χ2n) is 5.43. The quantitative estimate of drug-likeness (QED) is 0.372. The standard InChI is InChI=1S/C17H10F4N2O4S/c18-12-8-6-11(7-9-12)15-14(27-28(25,26)17(19,20)21)10-22-23(16(15)24)13-4-2-1-3-5-13/h1-10H. The van der Waals surface area contributed by atoms with Gasteiger partial charge in [0, 0.05) is 0 Å². The molecule has 0 fully saturated rings. The summed E-state index contributed by atoms with van der Waals surface area (Å²) in [5.74, 6) is -1.59. The number of aromatic nitrogens is 2. The summed E-state index contributed by atoms with van der Waals surface area (Å²) in [6.45, 7) is 0. The van der Waals surface area contributed by atoms with Crippen molar-refractivity contribution in [3.63, 3.8) is 0 Å². The van der Waals surface area contributed by atoms with Crippen molar-refractivity contribution in [3.05, 3.63) is 77.0 Å². The molecule has 0 aliphatic carbocycles. The van der Waals surface area contributed by atoms with E-state index < -0.39 is 38.3 Å². The predicted octanol–water partition coefficient (Wildman–Crippen LogP) is 3.27. The van der Waals surface area contributed by atoms with Gasteiger partial charge in [-0.25, -0.2) is 4.39 Å². The van der Waals surface area contributed by atoms with Crippen LogP contribution in [0.5, 0.6) is 5.75 Å². The highest BCUT2D eigenvalue weighted by atomic mass is 32.2. The molecule has 3 rings (SSSR count). The lowest BCUT2D eigenvalue weighted by Gasteiger charge is -2.14. The average molecular weight is 414 g/mol. The zero-order valence-corrected chi connectivity index (χ0v) is 14.5. The van der Waals surface area contributed by atoms with Crippen molar-refractivity contribution in [1.29, 1.82) is 0 Å². The van der Waals surface area contributed by atoms with Gasteiger partial charge in [0.25, 0.3) is 5.56 Å². The maximum atomic E-state index is 13.2. The van der Waals surface area contributed by atoms with Gasteiger partial charge in [0.05, 0.1) is 17.4 Å². The van der Waals surface area contributed by atoms with Crippen LogP contribution in [0.1, 0.15) is 0 Å². The fourth-order valence-electron chi connectivity index (χ4n) is 2.30. The summed E-state index contributed by atoms with van der Waals surface area (Å²) in [5.41, 5.74) is -6.95. The third-order valence-corrected chi connectivity index (χ3v) is 4.53. The molecule has 3 aromatic rings. The topological polar surface area (TPSA) is 78.3 Å². The zero-order chi connectivity index (χ0) is 20.5. The second kappa shape index (κ2) is 7.08. The molecule has 0 bridgehead atoms. The van der Waals surface area contributed by atoms with E-state index in [-0.39, 0.29) is 11.3 Å². The first kappa shape index (κ1) is 19.5. The first-order valence-corrected chi connectivity index (χ1v) is 8.95. The number of halogens is 4. The van der Waals surface area contributed by atoms with E-state index in [1.54, 1.807) is 18.2 Å². The normalized spacial score (nSPS) is 12.0. The Balaban J connectivity index is 2.24. The summed E-state index contributed by atoms with van der Waals surface area (Å²) in [6.07, 6.45) is 0.677. The van der Waals surface area contributed by atoms with Crippen LogP contribution in [-0.4, -0.2) is 23.7 Å². The van der Waals surface area contributed by atoms with Gasteiger partial charge in [-0.05, 0) is 29.8 Å². The summed E-state index contributed by atoms with van der Waals surface area (Å²) in [7, 11) is -6.05. The molecule has 0 unspecified atom stereocenters. The Morgan fingerprint density at radius 1 is 0.964 bits per heavy atom. The highest BCUT2D eigenvalue weighted by Gasteiger charge is 2.49. The van der Waals surface area contributed by atoms with Gasteiger partial charge in [-0.1, -0.05) is 30.3 Å². The molecular formula is C17H10F4N2O4S. The van der Waals surface area contributed by atoms with Gasteiger partial charge < -0.3 is 4.18 Å². The minimum Gasteiger partial charge on any atom is -0.373 e. The van der Waals surface area contributed by atoms with Gasteiger partial charge in [-0.15, -0.1) is 0 Å². The van der Waals surface area contributed by atoms with E-state index in [1.165, 1.54) is 12.1 Å². The largest absolute Gasteiger partial charge is 0.534 e. The maximum Gasteiger partial charge on any atom is 0.534 e. The molecule has 1 aromatic heterocycles. The number of hydrogen-bond donors (Lipinski definition) is 0. The van der Waals surface area contributed by atoms with Crippen molar-refractivity contribution in [3.8, 4) is 22.6 Å². The molecule has 0 aliphatic rings. The Morgan fingerprint density at radius 2 is 1.57 bits per heavy atom. The average Bonchev–Trinajstić information content (AvgIpc) is 2.63. The van der Waals surface area contributed by atoms with Crippen LogP contribution in [0.2, 0.25) is 0 Å². The minimum absolute atomic E-state index is 0.0501. The molecule has 0 radical (unpaired) electrons. The number of para-hydroxylation sites is 1.